The van der Waals surface area contributed by atoms with Gasteiger partial charge in [-0.1, -0.05) is 11.6 Å². The van der Waals surface area contributed by atoms with Gasteiger partial charge >= 0.3 is 5.97 Å². The zero-order valence-electron chi connectivity index (χ0n) is 9.31. The molecule has 0 spiro atoms. The molecule has 1 aromatic heterocycles. The van der Waals surface area contributed by atoms with Crippen molar-refractivity contribution >= 4 is 23.5 Å². The van der Waals surface area contributed by atoms with Gasteiger partial charge in [0, 0.05) is 13.1 Å². The molecule has 0 aliphatic carbocycles. The van der Waals surface area contributed by atoms with E-state index in [9.17, 15) is 4.79 Å². The number of ether oxygens (including phenoxy) is 1. The molecule has 0 bridgehead atoms. The minimum Gasteiger partial charge on any atom is -0.469 e. The fourth-order valence-electron chi connectivity index (χ4n) is 1.20. The van der Waals surface area contributed by atoms with Crippen molar-refractivity contribution in [1.82, 2.24) is 9.97 Å². The van der Waals surface area contributed by atoms with Crippen LogP contribution in [0.5, 0.6) is 0 Å². The number of carbonyl (C=O) groups excluding carboxylic acids is 1. The molecule has 0 aliphatic rings. The molecule has 1 aromatic rings. The van der Waals surface area contributed by atoms with Gasteiger partial charge in [-0.2, -0.15) is 0 Å². The molecular weight excluding hydrogens is 230 g/mol. The summed E-state index contributed by atoms with van der Waals surface area (Å²) in [6.07, 6.45) is 3.38. The van der Waals surface area contributed by atoms with Crippen LogP contribution in [0.15, 0.2) is 12.4 Å². The van der Waals surface area contributed by atoms with E-state index in [1.165, 1.54) is 19.5 Å². The Morgan fingerprint density at radius 1 is 1.50 bits per heavy atom. The van der Waals surface area contributed by atoms with Crippen molar-refractivity contribution in [2.24, 2.45) is 0 Å². The van der Waals surface area contributed by atoms with Gasteiger partial charge in [0.25, 0.3) is 0 Å². The maximum Gasteiger partial charge on any atom is 0.307 e. The average molecular weight is 244 g/mol. The van der Waals surface area contributed by atoms with E-state index in [1.807, 2.05) is 11.8 Å². The summed E-state index contributed by atoms with van der Waals surface area (Å²) in [5, 5.41) is 0.493. The molecule has 0 N–H and O–H groups in total. The molecule has 0 atom stereocenters. The van der Waals surface area contributed by atoms with E-state index < -0.39 is 0 Å². The summed E-state index contributed by atoms with van der Waals surface area (Å²) >= 11 is 5.69. The molecule has 1 rings (SSSR count). The minimum atomic E-state index is -0.243. The summed E-state index contributed by atoms with van der Waals surface area (Å²) in [6.45, 7) is 3.22. The molecular formula is C10H14ClN3O2. The van der Waals surface area contributed by atoms with Gasteiger partial charge in [-0.3, -0.25) is 4.79 Å². The standard InChI is InChI=1S/C10H14ClN3O2/c1-3-14(5-4-9(15)16-2)10-12-6-8(11)7-13-10/h6-7H,3-5H2,1-2H3. The van der Waals surface area contributed by atoms with E-state index in [1.54, 1.807) is 0 Å². The van der Waals surface area contributed by atoms with Crippen molar-refractivity contribution in [2.45, 2.75) is 13.3 Å². The second-order valence-electron chi connectivity index (χ2n) is 3.11. The van der Waals surface area contributed by atoms with E-state index in [-0.39, 0.29) is 5.97 Å². The third-order valence-electron chi connectivity index (χ3n) is 2.08. The van der Waals surface area contributed by atoms with Crippen molar-refractivity contribution < 1.29 is 9.53 Å². The lowest BCUT2D eigenvalue weighted by Gasteiger charge is -2.19. The van der Waals surface area contributed by atoms with Crippen molar-refractivity contribution in [2.75, 3.05) is 25.1 Å². The molecule has 0 aliphatic heterocycles. The molecule has 0 fully saturated rings. The molecule has 0 saturated heterocycles. The highest BCUT2D eigenvalue weighted by Crippen LogP contribution is 2.10. The van der Waals surface area contributed by atoms with E-state index in [2.05, 4.69) is 14.7 Å². The number of rotatable bonds is 5. The SMILES string of the molecule is CCN(CCC(=O)OC)c1ncc(Cl)cn1. The van der Waals surface area contributed by atoms with Crippen LogP contribution in [0, 0.1) is 0 Å². The maximum atomic E-state index is 11.0. The van der Waals surface area contributed by atoms with E-state index >= 15 is 0 Å². The Hall–Kier alpha value is -1.36. The lowest BCUT2D eigenvalue weighted by molar-refractivity contribution is -0.140. The molecule has 0 radical (unpaired) electrons. The Bertz CT molecular complexity index is 342. The second-order valence-corrected chi connectivity index (χ2v) is 3.54. The Balaban J connectivity index is 2.60. The Morgan fingerprint density at radius 2 is 2.12 bits per heavy atom. The molecule has 1 heterocycles. The summed E-state index contributed by atoms with van der Waals surface area (Å²) in [4.78, 5) is 21.1. The van der Waals surface area contributed by atoms with E-state index in [4.69, 9.17) is 11.6 Å². The lowest BCUT2D eigenvalue weighted by atomic mass is 10.4. The largest absolute Gasteiger partial charge is 0.469 e. The van der Waals surface area contributed by atoms with Crippen molar-refractivity contribution in [3.05, 3.63) is 17.4 Å². The Morgan fingerprint density at radius 3 is 2.62 bits per heavy atom. The highest BCUT2D eigenvalue weighted by atomic mass is 35.5. The Kier molecular flexibility index (Phi) is 4.98. The number of carbonyl (C=O) groups is 1. The summed E-state index contributed by atoms with van der Waals surface area (Å²) in [6, 6.07) is 0. The quantitative estimate of drug-likeness (QED) is 0.734. The number of hydrogen-bond acceptors (Lipinski definition) is 5. The second kappa shape index (κ2) is 6.27. The fraction of sp³-hybridized carbons (Fsp3) is 0.500. The van der Waals surface area contributed by atoms with Crippen LogP contribution in [0.3, 0.4) is 0 Å². The van der Waals surface area contributed by atoms with Gasteiger partial charge in [-0.05, 0) is 6.92 Å². The van der Waals surface area contributed by atoms with Crippen molar-refractivity contribution in [3.63, 3.8) is 0 Å². The monoisotopic (exact) mass is 243 g/mol. The topological polar surface area (TPSA) is 55.3 Å². The maximum absolute atomic E-state index is 11.0. The number of methoxy groups -OCH3 is 1. The summed E-state index contributed by atoms with van der Waals surface area (Å²) < 4.78 is 4.57. The molecule has 16 heavy (non-hydrogen) atoms. The molecule has 0 amide bonds. The number of anilines is 1. The molecule has 6 heteroatoms. The number of halogens is 1. The summed E-state index contributed by atoms with van der Waals surface area (Å²) in [7, 11) is 1.37. The third-order valence-corrected chi connectivity index (χ3v) is 2.28. The zero-order valence-corrected chi connectivity index (χ0v) is 10.1. The first-order chi connectivity index (χ1) is 7.67. The first-order valence-electron chi connectivity index (χ1n) is 4.96. The Labute approximate surface area is 99.4 Å². The number of aromatic nitrogens is 2. The molecule has 88 valence electrons. The van der Waals surface area contributed by atoms with Gasteiger partial charge in [0.2, 0.25) is 5.95 Å². The zero-order chi connectivity index (χ0) is 12.0. The predicted molar refractivity (Wildman–Crippen MR) is 61.6 cm³/mol. The first-order valence-corrected chi connectivity index (χ1v) is 5.34. The molecule has 0 saturated carbocycles. The van der Waals surface area contributed by atoms with E-state index in [0.717, 1.165) is 6.54 Å². The average Bonchev–Trinajstić information content (AvgIpc) is 2.31. The lowest BCUT2D eigenvalue weighted by Crippen LogP contribution is -2.27. The smallest absolute Gasteiger partial charge is 0.307 e. The number of nitrogens with zero attached hydrogens (tertiary/aromatic N) is 3. The molecule has 5 nitrogen and oxygen atoms in total. The fourth-order valence-corrected chi connectivity index (χ4v) is 1.29. The van der Waals surface area contributed by atoms with Crippen LogP contribution in [-0.4, -0.2) is 36.1 Å². The van der Waals surface area contributed by atoms with Crippen LogP contribution in [0.4, 0.5) is 5.95 Å². The van der Waals surface area contributed by atoms with Crippen LogP contribution in [-0.2, 0) is 9.53 Å². The van der Waals surface area contributed by atoms with Gasteiger partial charge in [-0.25, -0.2) is 9.97 Å². The molecule has 0 unspecified atom stereocenters. The van der Waals surface area contributed by atoms with Crippen LogP contribution in [0.1, 0.15) is 13.3 Å². The van der Waals surface area contributed by atoms with Crippen molar-refractivity contribution in [3.8, 4) is 0 Å². The van der Waals surface area contributed by atoms with Crippen molar-refractivity contribution in [1.29, 1.82) is 0 Å². The van der Waals surface area contributed by atoms with E-state index in [0.29, 0.717) is 23.9 Å². The number of esters is 1. The van der Waals surface area contributed by atoms with Gasteiger partial charge in [0.1, 0.15) is 0 Å². The predicted octanol–water partition coefficient (Wildman–Crippen LogP) is 1.52. The minimum absolute atomic E-state index is 0.243. The normalized spacial score (nSPS) is 9.94. The summed E-state index contributed by atoms with van der Waals surface area (Å²) in [5.74, 6) is 0.322. The third kappa shape index (κ3) is 3.66. The van der Waals surface area contributed by atoms with Crippen LogP contribution >= 0.6 is 11.6 Å². The number of hydrogen-bond donors (Lipinski definition) is 0. The van der Waals surface area contributed by atoms with Gasteiger partial charge in [0.15, 0.2) is 0 Å². The van der Waals surface area contributed by atoms with Gasteiger partial charge < -0.3 is 9.64 Å². The molecule has 0 aromatic carbocycles. The first kappa shape index (κ1) is 12.7. The van der Waals surface area contributed by atoms with Crippen LogP contribution in [0.25, 0.3) is 0 Å². The van der Waals surface area contributed by atoms with Gasteiger partial charge in [0.05, 0.1) is 30.9 Å². The highest BCUT2D eigenvalue weighted by Gasteiger charge is 2.09. The van der Waals surface area contributed by atoms with Crippen LogP contribution in [0.2, 0.25) is 5.02 Å². The van der Waals surface area contributed by atoms with Gasteiger partial charge in [-0.15, -0.1) is 0 Å². The highest BCUT2D eigenvalue weighted by molar-refractivity contribution is 6.30. The van der Waals surface area contributed by atoms with Crippen LogP contribution < -0.4 is 4.90 Å². The summed E-state index contributed by atoms with van der Waals surface area (Å²) in [5.41, 5.74) is 0.